The van der Waals surface area contributed by atoms with E-state index in [-0.39, 0.29) is 6.61 Å². The zero-order valence-corrected chi connectivity index (χ0v) is 11.6. The van der Waals surface area contributed by atoms with Crippen LogP contribution in [-0.4, -0.2) is 22.8 Å². The summed E-state index contributed by atoms with van der Waals surface area (Å²) in [6.45, 7) is 6.00. The summed E-state index contributed by atoms with van der Waals surface area (Å²) >= 11 is 0. The summed E-state index contributed by atoms with van der Waals surface area (Å²) in [7, 11) is 0. The minimum atomic E-state index is -0.832. The molecule has 0 fully saturated rings. The lowest BCUT2D eigenvalue weighted by Crippen LogP contribution is -2.00. The fraction of sp³-hybridized carbons (Fsp3) is 0.533. The third kappa shape index (κ3) is 8.76. The van der Waals surface area contributed by atoms with Crippen molar-refractivity contribution in [1.29, 1.82) is 0 Å². The first-order chi connectivity index (χ1) is 8.47. The highest BCUT2D eigenvalue weighted by atomic mass is 16.4. The Labute approximate surface area is 110 Å². The molecular weight excluding hydrogens is 228 g/mol. The van der Waals surface area contributed by atoms with Gasteiger partial charge in [0, 0.05) is 5.57 Å². The van der Waals surface area contributed by atoms with Crippen LogP contribution in [0.15, 0.2) is 34.9 Å². The van der Waals surface area contributed by atoms with Crippen molar-refractivity contribution in [2.45, 2.75) is 46.5 Å². The highest BCUT2D eigenvalue weighted by Gasteiger charge is 2.05. The van der Waals surface area contributed by atoms with E-state index in [0.29, 0.717) is 18.4 Å². The molecule has 0 heterocycles. The standard InChI is InChI=1S/C15H24O3/c1-12(2)6-4-8-14(15(17)18)9-5-7-13(3)10-11-16/h6,9-10,16H,4-5,7-8,11H2,1-3H3,(H,17,18). The van der Waals surface area contributed by atoms with Gasteiger partial charge in [0.2, 0.25) is 0 Å². The fourth-order valence-electron chi connectivity index (χ4n) is 1.54. The molecule has 2 N–H and O–H groups in total. The smallest absolute Gasteiger partial charge is 0.331 e. The van der Waals surface area contributed by atoms with Gasteiger partial charge in [-0.15, -0.1) is 0 Å². The number of rotatable bonds is 8. The fourth-order valence-corrected chi connectivity index (χ4v) is 1.54. The third-order valence-corrected chi connectivity index (χ3v) is 2.61. The summed E-state index contributed by atoms with van der Waals surface area (Å²) in [5, 5.41) is 17.8. The molecule has 0 atom stereocenters. The molecule has 0 saturated heterocycles. The van der Waals surface area contributed by atoms with Gasteiger partial charge in [0.15, 0.2) is 0 Å². The zero-order valence-electron chi connectivity index (χ0n) is 11.6. The van der Waals surface area contributed by atoms with Crippen LogP contribution in [0.5, 0.6) is 0 Å². The van der Waals surface area contributed by atoms with Crippen LogP contribution < -0.4 is 0 Å². The first-order valence-corrected chi connectivity index (χ1v) is 6.29. The number of aliphatic hydroxyl groups is 1. The Bertz CT molecular complexity index is 345. The molecule has 0 aliphatic carbocycles. The van der Waals surface area contributed by atoms with Gasteiger partial charge in [0.25, 0.3) is 0 Å². The van der Waals surface area contributed by atoms with Gasteiger partial charge >= 0.3 is 5.97 Å². The van der Waals surface area contributed by atoms with E-state index in [1.54, 1.807) is 12.2 Å². The summed E-state index contributed by atoms with van der Waals surface area (Å²) < 4.78 is 0. The molecule has 0 bridgehead atoms. The maximum absolute atomic E-state index is 11.0. The molecule has 3 nitrogen and oxygen atoms in total. The van der Waals surface area contributed by atoms with Gasteiger partial charge in [-0.2, -0.15) is 0 Å². The predicted octanol–water partition coefficient (Wildman–Crippen LogP) is 3.46. The minimum Gasteiger partial charge on any atom is -0.478 e. The molecule has 0 aromatic heterocycles. The van der Waals surface area contributed by atoms with Crippen LogP contribution in [-0.2, 0) is 4.79 Å². The summed E-state index contributed by atoms with van der Waals surface area (Å²) in [5.74, 6) is -0.832. The topological polar surface area (TPSA) is 57.5 Å². The second kappa shape index (κ2) is 9.66. The predicted molar refractivity (Wildman–Crippen MR) is 74.5 cm³/mol. The van der Waals surface area contributed by atoms with Crippen molar-refractivity contribution < 1.29 is 15.0 Å². The Kier molecular flexibility index (Phi) is 8.93. The lowest BCUT2D eigenvalue weighted by molar-refractivity contribution is -0.132. The Hall–Kier alpha value is -1.35. The second-order valence-electron chi connectivity index (χ2n) is 4.63. The largest absolute Gasteiger partial charge is 0.478 e. The molecular formula is C15H24O3. The molecule has 0 aliphatic heterocycles. The summed E-state index contributed by atoms with van der Waals surface area (Å²) in [5.41, 5.74) is 2.77. The summed E-state index contributed by atoms with van der Waals surface area (Å²) in [4.78, 5) is 11.0. The van der Waals surface area contributed by atoms with Crippen LogP contribution in [0, 0.1) is 0 Å². The van der Waals surface area contributed by atoms with Crippen LogP contribution in [0.2, 0.25) is 0 Å². The number of carboxylic acid groups (broad SMARTS) is 1. The van der Waals surface area contributed by atoms with Crippen molar-refractivity contribution in [2.75, 3.05) is 6.61 Å². The SMILES string of the molecule is CC(C)=CCCC(=CCCC(C)=CCO)C(=O)O. The Morgan fingerprint density at radius 3 is 2.11 bits per heavy atom. The first-order valence-electron chi connectivity index (χ1n) is 6.29. The van der Waals surface area contributed by atoms with E-state index >= 15 is 0 Å². The Morgan fingerprint density at radius 1 is 1.00 bits per heavy atom. The molecule has 0 unspecified atom stereocenters. The molecule has 0 rings (SSSR count). The number of carboxylic acids is 1. The van der Waals surface area contributed by atoms with Crippen molar-refractivity contribution >= 4 is 5.97 Å². The zero-order chi connectivity index (χ0) is 14.0. The molecule has 0 aromatic carbocycles. The van der Waals surface area contributed by atoms with E-state index in [9.17, 15) is 4.79 Å². The number of hydrogen-bond acceptors (Lipinski definition) is 2. The number of carbonyl (C=O) groups is 1. The van der Waals surface area contributed by atoms with Gasteiger partial charge in [0.1, 0.15) is 0 Å². The average molecular weight is 252 g/mol. The number of allylic oxidation sites excluding steroid dienone is 4. The Morgan fingerprint density at radius 2 is 1.61 bits per heavy atom. The van der Waals surface area contributed by atoms with E-state index in [1.165, 1.54) is 5.57 Å². The normalized spacial score (nSPS) is 12.4. The molecule has 3 heteroatoms. The molecule has 0 aliphatic rings. The quantitative estimate of drug-likeness (QED) is 0.514. The maximum Gasteiger partial charge on any atom is 0.331 e. The van der Waals surface area contributed by atoms with Crippen LogP contribution in [0.4, 0.5) is 0 Å². The summed E-state index contributed by atoms with van der Waals surface area (Å²) in [6, 6.07) is 0. The van der Waals surface area contributed by atoms with Gasteiger partial charge < -0.3 is 10.2 Å². The highest BCUT2D eigenvalue weighted by Crippen LogP contribution is 2.12. The number of aliphatic carboxylic acids is 1. The second-order valence-corrected chi connectivity index (χ2v) is 4.63. The third-order valence-electron chi connectivity index (χ3n) is 2.61. The molecule has 102 valence electrons. The molecule has 0 saturated carbocycles. The van der Waals surface area contributed by atoms with Gasteiger partial charge in [0.05, 0.1) is 6.61 Å². The molecule has 18 heavy (non-hydrogen) atoms. The minimum absolute atomic E-state index is 0.0436. The maximum atomic E-state index is 11.0. The van der Waals surface area contributed by atoms with Gasteiger partial charge in [-0.25, -0.2) is 4.79 Å². The van der Waals surface area contributed by atoms with E-state index in [2.05, 4.69) is 0 Å². The molecule has 0 radical (unpaired) electrons. The van der Waals surface area contributed by atoms with Crippen LogP contribution in [0.3, 0.4) is 0 Å². The molecule has 0 aromatic rings. The van der Waals surface area contributed by atoms with E-state index < -0.39 is 5.97 Å². The van der Waals surface area contributed by atoms with E-state index in [0.717, 1.165) is 18.4 Å². The van der Waals surface area contributed by atoms with Crippen LogP contribution in [0.25, 0.3) is 0 Å². The van der Waals surface area contributed by atoms with Crippen molar-refractivity contribution in [3.63, 3.8) is 0 Å². The number of aliphatic hydroxyl groups excluding tert-OH is 1. The highest BCUT2D eigenvalue weighted by molar-refractivity contribution is 5.86. The molecule has 0 amide bonds. The van der Waals surface area contributed by atoms with Crippen LogP contribution in [0.1, 0.15) is 46.5 Å². The van der Waals surface area contributed by atoms with Crippen LogP contribution >= 0.6 is 0 Å². The number of hydrogen-bond donors (Lipinski definition) is 2. The van der Waals surface area contributed by atoms with Crippen molar-refractivity contribution in [1.82, 2.24) is 0 Å². The Balaban J connectivity index is 4.29. The van der Waals surface area contributed by atoms with Crippen molar-refractivity contribution in [3.8, 4) is 0 Å². The van der Waals surface area contributed by atoms with E-state index in [1.807, 2.05) is 26.8 Å². The lowest BCUT2D eigenvalue weighted by Gasteiger charge is -2.02. The van der Waals surface area contributed by atoms with Crippen molar-refractivity contribution in [3.05, 3.63) is 34.9 Å². The van der Waals surface area contributed by atoms with Gasteiger partial charge in [-0.3, -0.25) is 0 Å². The molecule has 0 spiro atoms. The first kappa shape index (κ1) is 16.6. The summed E-state index contributed by atoms with van der Waals surface area (Å²) in [6.07, 6.45) is 8.43. The lowest BCUT2D eigenvalue weighted by atomic mass is 10.1. The monoisotopic (exact) mass is 252 g/mol. The van der Waals surface area contributed by atoms with E-state index in [4.69, 9.17) is 10.2 Å². The van der Waals surface area contributed by atoms with Gasteiger partial charge in [-0.05, 0) is 46.5 Å². The van der Waals surface area contributed by atoms with Gasteiger partial charge in [-0.1, -0.05) is 29.4 Å². The van der Waals surface area contributed by atoms with Crippen molar-refractivity contribution in [2.24, 2.45) is 0 Å². The average Bonchev–Trinajstić information content (AvgIpc) is 2.26.